The normalized spacial score (nSPS) is 19.6. The lowest BCUT2D eigenvalue weighted by Gasteiger charge is -2.22. The molecule has 0 unspecified atom stereocenters. The summed E-state index contributed by atoms with van der Waals surface area (Å²) in [4.78, 5) is 11.8. The zero-order valence-electron chi connectivity index (χ0n) is 9.60. The van der Waals surface area contributed by atoms with Gasteiger partial charge in [0.05, 0.1) is 11.6 Å². The van der Waals surface area contributed by atoms with Crippen LogP contribution in [0.25, 0.3) is 0 Å². The first-order valence-electron chi connectivity index (χ1n) is 5.74. The van der Waals surface area contributed by atoms with E-state index in [9.17, 15) is 18.0 Å². The van der Waals surface area contributed by atoms with Crippen LogP contribution in [-0.4, -0.2) is 19.0 Å². The van der Waals surface area contributed by atoms with Gasteiger partial charge in [-0.05, 0) is 19.4 Å². The van der Waals surface area contributed by atoms with Crippen molar-refractivity contribution >= 4 is 11.6 Å². The van der Waals surface area contributed by atoms with Gasteiger partial charge in [-0.15, -0.1) is 0 Å². The molecule has 2 rings (SSSR count). The fourth-order valence-electron chi connectivity index (χ4n) is 1.96. The van der Waals surface area contributed by atoms with E-state index >= 15 is 0 Å². The standard InChI is InChI=1S/C12H13F3N2O/c13-8-4-9(14)11(15)10(5-8)17-12(18)7-2-1-3-16-6-7/h4-5,7,16H,1-3,6H2,(H,17,18)/t7-/m1/s1. The molecule has 1 aliphatic rings. The Bertz CT molecular complexity index is 459. The fourth-order valence-corrected chi connectivity index (χ4v) is 1.96. The van der Waals surface area contributed by atoms with Crippen molar-refractivity contribution in [3.8, 4) is 0 Å². The Morgan fingerprint density at radius 1 is 1.33 bits per heavy atom. The molecule has 0 aliphatic carbocycles. The lowest BCUT2D eigenvalue weighted by Crippen LogP contribution is -2.37. The van der Waals surface area contributed by atoms with Crippen LogP contribution in [0, 0.1) is 23.4 Å². The van der Waals surface area contributed by atoms with E-state index in [1.54, 1.807) is 0 Å². The largest absolute Gasteiger partial charge is 0.323 e. The third-order valence-corrected chi connectivity index (χ3v) is 2.92. The van der Waals surface area contributed by atoms with Crippen LogP contribution in [-0.2, 0) is 4.79 Å². The second-order valence-corrected chi connectivity index (χ2v) is 4.28. The number of anilines is 1. The van der Waals surface area contributed by atoms with Gasteiger partial charge in [0, 0.05) is 18.7 Å². The fraction of sp³-hybridized carbons (Fsp3) is 0.417. The van der Waals surface area contributed by atoms with Crippen LogP contribution in [0.1, 0.15) is 12.8 Å². The van der Waals surface area contributed by atoms with Crippen LogP contribution in [0.4, 0.5) is 18.9 Å². The van der Waals surface area contributed by atoms with Gasteiger partial charge >= 0.3 is 0 Å². The number of piperidine rings is 1. The third-order valence-electron chi connectivity index (χ3n) is 2.92. The monoisotopic (exact) mass is 258 g/mol. The zero-order chi connectivity index (χ0) is 13.1. The highest BCUT2D eigenvalue weighted by Crippen LogP contribution is 2.21. The van der Waals surface area contributed by atoms with E-state index in [0.717, 1.165) is 19.0 Å². The predicted octanol–water partition coefficient (Wildman–Crippen LogP) is 2.04. The quantitative estimate of drug-likeness (QED) is 0.797. The smallest absolute Gasteiger partial charge is 0.228 e. The molecule has 3 nitrogen and oxygen atoms in total. The maximum atomic E-state index is 13.3. The summed E-state index contributed by atoms with van der Waals surface area (Å²) in [6.45, 7) is 1.33. The Balaban J connectivity index is 2.11. The Morgan fingerprint density at radius 3 is 2.78 bits per heavy atom. The number of carbonyl (C=O) groups is 1. The molecule has 6 heteroatoms. The van der Waals surface area contributed by atoms with Crippen LogP contribution < -0.4 is 10.6 Å². The molecule has 1 amide bonds. The lowest BCUT2D eigenvalue weighted by molar-refractivity contribution is -0.120. The number of carbonyl (C=O) groups excluding carboxylic acids is 1. The Kier molecular flexibility index (Phi) is 3.86. The molecular formula is C12H13F3N2O. The highest BCUT2D eigenvalue weighted by molar-refractivity contribution is 5.92. The molecule has 0 bridgehead atoms. The van der Waals surface area contributed by atoms with Crippen molar-refractivity contribution in [3.63, 3.8) is 0 Å². The number of halogens is 3. The van der Waals surface area contributed by atoms with E-state index in [2.05, 4.69) is 10.6 Å². The van der Waals surface area contributed by atoms with E-state index < -0.39 is 29.0 Å². The van der Waals surface area contributed by atoms with Gasteiger partial charge in [-0.1, -0.05) is 0 Å². The van der Waals surface area contributed by atoms with Crippen molar-refractivity contribution in [3.05, 3.63) is 29.6 Å². The molecule has 1 aromatic carbocycles. The van der Waals surface area contributed by atoms with Crippen molar-refractivity contribution < 1.29 is 18.0 Å². The summed E-state index contributed by atoms with van der Waals surface area (Å²) in [6, 6.07) is 1.21. The molecule has 2 N–H and O–H groups in total. The average Bonchev–Trinajstić information content (AvgIpc) is 2.36. The van der Waals surface area contributed by atoms with Gasteiger partial charge < -0.3 is 10.6 Å². The second-order valence-electron chi connectivity index (χ2n) is 4.28. The first-order chi connectivity index (χ1) is 8.58. The highest BCUT2D eigenvalue weighted by Gasteiger charge is 2.22. The van der Waals surface area contributed by atoms with E-state index in [4.69, 9.17) is 0 Å². The van der Waals surface area contributed by atoms with Crippen LogP contribution in [0.5, 0.6) is 0 Å². The maximum absolute atomic E-state index is 13.3. The Hall–Kier alpha value is -1.56. The van der Waals surface area contributed by atoms with Crippen LogP contribution in [0.15, 0.2) is 12.1 Å². The molecule has 1 saturated heterocycles. The van der Waals surface area contributed by atoms with Crippen molar-refractivity contribution in [2.75, 3.05) is 18.4 Å². The molecule has 0 saturated carbocycles. The third kappa shape index (κ3) is 2.81. The van der Waals surface area contributed by atoms with Gasteiger partial charge in [-0.3, -0.25) is 4.79 Å². The summed E-state index contributed by atoms with van der Waals surface area (Å²) >= 11 is 0. The van der Waals surface area contributed by atoms with Crippen molar-refractivity contribution in [1.29, 1.82) is 0 Å². The number of rotatable bonds is 2. The number of benzene rings is 1. The highest BCUT2D eigenvalue weighted by atomic mass is 19.2. The van der Waals surface area contributed by atoms with Gasteiger partial charge in [0.1, 0.15) is 5.82 Å². The number of nitrogens with one attached hydrogen (secondary N) is 2. The SMILES string of the molecule is O=C(Nc1cc(F)cc(F)c1F)[C@@H]1CCCNC1. The maximum Gasteiger partial charge on any atom is 0.228 e. The van der Waals surface area contributed by atoms with Crippen molar-refractivity contribution in [2.24, 2.45) is 5.92 Å². The van der Waals surface area contributed by atoms with E-state index in [0.29, 0.717) is 19.0 Å². The van der Waals surface area contributed by atoms with Gasteiger partial charge in [0.2, 0.25) is 5.91 Å². The minimum Gasteiger partial charge on any atom is -0.323 e. The summed E-state index contributed by atoms with van der Waals surface area (Å²) in [6.07, 6.45) is 1.52. The molecule has 1 aliphatic heterocycles. The van der Waals surface area contributed by atoms with Gasteiger partial charge in [0.25, 0.3) is 0 Å². The average molecular weight is 258 g/mol. The van der Waals surface area contributed by atoms with Gasteiger partial charge in [-0.25, -0.2) is 13.2 Å². The molecule has 1 atom stereocenters. The molecular weight excluding hydrogens is 245 g/mol. The minimum absolute atomic E-state index is 0.301. The number of hydrogen-bond donors (Lipinski definition) is 2. The summed E-state index contributed by atoms with van der Waals surface area (Å²) in [5.41, 5.74) is -0.455. The Morgan fingerprint density at radius 2 is 2.11 bits per heavy atom. The van der Waals surface area contributed by atoms with Crippen LogP contribution in [0.3, 0.4) is 0 Å². The summed E-state index contributed by atoms with van der Waals surface area (Å²) in [5, 5.41) is 5.26. The first-order valence-corrected chi connectivity index (χ1v) is 5.74. The predicted molar refractivity (Wildman–Crippen MR) is 60.5 cm³/mol. The summed E-state index contributed by atoms with van der Waals surface area (Å²) < 4.78 is 39.2. The zero-order valence-corrected chi connectivity index (χ0v) is 9.60. The molecule has 1 heterocycles. The molecule has 0 radical (unpaired) electrons. The van der Waals surface area contributed by atoms with Crippen LogP contribution in [0.2, 0.25) is 0 Å². The summed E-state index contributed by atoms with van der Waals surface area (Å²) in [7, 11) is 0. The number of hydrogen-bond acceptors (Lipinski definition) is 2. The topological polar surface area (TPSA) is 41.1 Å². The van der Waals surface area contributed by atoms with Gasteiger partial charge in [-0.2, -0.15) is 0 Å². The lowest BCUT2D eigenvalue weighted by atomic mass is 9.99. The Labute approximate surface area is 102 Å². The van der Waals surface area contributed by atoms with E-state index in [1.165, 1.54) is 0 Å². The molecule has 0 spiro atoms. The van der Waals surface area contributed by atoms with E-state index in [-0.39, 0.29) is 5.92 Å². The first kappa shape index (κ1) is 12.9. The molecule has 98 valence electrons. The second kappa shape index (κ2) is 5.39. The van der Waals surface area contributed by atoms with E-state index in [1.807, 2.05) is 0 Å². The molecule has 1 aromatic rings. The molecule has 0 aromatic heterocycles. The van der Waals surface area contributed by atoms with Crippen molar-refractivity contribution in [1.82, 2.24) is 5.32 Å². The van der Waals surface area contributed by atoms with Gasteiger partial charge in [0.15, 0.2) is 11.6 Å². The molecule has 18 heavy (non-hydrogen) atoms. The minimum atomic E-state index is -1.31. The number of amides is 1. The summed E-state index contributed by atoms with van der Waals surface area (Å²) in [5.74, 6) is -4.21. The molecule has 1 fully saturated rings. The van der Waals surface area contributed by atoms with Crippen LogP contribution >= 0.6 is 0 Å². The van der Waals surface area contributed by atoms with Crippen molar-refractivity contribution in [2.45, 2.75) is 12.8 Å².